The van der Waals surface area contributed by atoms with E-state index in [1.165, 1.54) is 12.1 Å². The number of amides is 1. The molecular weight excluding hydrogens is 538 g/mol. The minimum atomic E-state index is -4.06. The standard InChI is InChI=1S/C32H29N3O5S/c1-2-17-34-32(37)26-11-6-7-14-31(26)41(38,39)21-27-24-12-8-13-28(36)25(24)15-16-29(27)40-30(20-35-19-18-33-22-35)23-9-4-3-5-10-23/h1,3-7,9-11,14-16,18-19,22,30H,8,12-13,17,20-21H2,(H,34,37)/t30-/m1/s1. The largest absolute Gasteiger partial charge is 0.484 e. The lowest BCUT2D eigenvalue weighted by Crippen LogP contribution is -2.26. The van der Waals surface area contributed by atoms with Crippen LogP contribution in [0.4, 0.5) is 0 Å². The van der Waals surface area contributed by atoms with Crippen molar-refractivity contribution in [1.82, 2.24) is 14.9 Å². The molecule has 1 aliphatic rings. The molecule has 3 aromatic carbocycles. The zero-order chi connectivity index (χ0) is 28.8. The van der Waals surface area contributed by atoms with Crippen LogP contribution in [0.15, 0.2) is 90.3 Å². The van der Waals surface area contributed by atoms with E-state index in [1.54, 1.807) is 36.8 Å². The number of ether oxygens (including phenoxy) is 1. The number of Topliss-reactive ketones (excluding diaryl/α,β-unsaturated/α-hetero) is 1. The molecule has 1 N–H and O–H groups in total. The Balaban J connectivity index is 1.58. The van der Waals surface area contributed by atoms with Crippen LogP contribution in [-0.2, 0) is 28.6 Å². The number of aromatic nitrogens is 2. The summed E-state index contributed by atoms with van der Waals surface area (Å²) < 4.78 is 36.4. The average molecular weight is 568 g/mol. The number of ketones is 1. The highest BCUT2D eigenvalue weighted by Crippen LogP contribution is 2.37. The van der Waals surface area contributed by atoms with Gasteiger partial charge in [0.25, 0.3) is 5.91 Å². The molecule has 208 valence electrons. The van der Waals surface area contributed by atoms with Gasteiger partial charge in [-0.15, -0.1) is 6.42 Å². The zero-order valence-electron chi connectivity index (χ0n) is 22.3. The van der Waals surface area contributed by atoms with Crippen molar-refractivity contribution in [3.05, 3.63) is 113 Å². The minimum Gasteiger partial charge on any atom is -0.484 e. The third-order valence-electron chi connectivity index (χ3n) is 7.05. The number of nitrogens with zero attached hydrogens (tertiary/aromatic N) is 2. The maximum Gasteiger partial charge on any atom is 0.253 e. The molecule has 0 spiro atoms. The summed E-state index contributed by atoms with van der Waals surface area (Å²) >= 11 is 0. The van der Waals surface area contributed by atoms with Crippen LogP contribution in [0.3, 0.4) is 0 Å². The summed E-state index contributed by atoms with van der Waals surface area (Å²) in [6, 6.07) is 19.1. The van der Waals surface area contributed by atoms with Crippen molar-refractivity contribution in [3.63, 3.8) is 0 Å². The summed E-state index contributed by atoms with van der Waals surface area (Å²) in [5, 5.41) is 2.54. The summed E-state index contributed by atoms with van der Waals surface area (Å²) in [7, 11) is -4.06. The molecule has 9 heteroatoms. The van der Waals surface area contributed by atoms with Crippen LogP contribution < -0.4 is 10.1 Å². The third-order valence-corrected chi connectivity index (χ3v) is 8.74. The number of nitrogens with one attached hydrogen (secondary N) is 1. The van der Waals surface area contributed by atoms with Crippen LogP contribution in [-0.4, -0.2) is 36.2 Å². The highest BCUT2D eigenvalue weighted by molar-refractivity contribution is 7.90. The molecule has 0 radical (unpaired) electrons. The first-order chi connectivity index (χ1) is 19.9. The fraction of sp³-hybridized carbons (Fsp3) is 0.219. The van der Waals surface area contributed by atoms with Crippen molar-refractivity contribution in [3.8, 4) is 18.1 Å². The number of rotatable bonds is 10. The topological polar surface area (TPSA) is 107 Å². The van der Waals surface area contributed by atoms with E-state index in [0.29, 0.717) is 48.2 Å². The molecule has 1 atom stereocenters. The molecule has 1 amide bonds. The van der Waals surface area contributed by atoms with Crippen molar-refractivity contribution < 1.29 is 22.7 Å². The monoisotopic (exact) mass is 567 g/mol. The van der Waals surface area contributed by atoms with Gasteiger partial charge in [-0.1, -0.05) is 48.4 Å². The Morgan fingerprint density at radius 2 is 1.85 bits per heavy atom. The summed E-state index contributed by atoms with van der Waals surface area (Å²) in [5.41, 5.74) is 2.53. The highest BCUT2D eigenvalue weighted by atomic mass is 32.2. The van der Waals surface area contributed by atoms with Gasteiger partial charge in [0, 0.05) is 29.9 Å². The van der Waals surface area contributed by atoms with Gasteiger partial charge < -0.3 is 14.6 Å². The van der Waals surface area contributed by atoms with E-state index in [1.807, 2.05) is 41.1 Å². The first-order valence-corrected chi connectivity index (χ1v) is 14.9. The quantitative estimate of drug-likeness (QED) is 0.282. The Hall–Kier alpha value is -4.68. The fourth-order valence-electron chi connectivity index (χ4n) is 5.08. The molecule has 4 aromatic rings. The van der Waals surface area contributed by atoms with Crippen LogP contribution in [0.25, 0.3) is 0 Å². The van der Waals surface area contributed by atoms with Gasteiger partial charge in [0.05, 0.1) is 35.6 Å². The maximum absolute atomic E-state index is 14.0. The molecule has 0 fully saturated rings. The molecular formula is C32H29N3O5S. The lowest BCUT2D eigenvalue weighted by Gasteiger charge is -2.26. The van der Waals surface area contributed by atoms with E-state index in [4.69, 9.17) is 11.2 Å². The van der Waals surface area contributed by atoms with Gasteiger partial charge >= 0.3 is 0 Å². The minimum absolute atomic E-state index is 0.00774. The number of hydrogen-bond acceptors (Lipinski definition) is 6. The lowest BCUT2D eigenvalue weighted by molar-refractivity contribution is 0.0952. The first kappa shape index (κ1) is 27.9. The Labute approximate surface area is 239 Å². The van der Waals surface area contributed by atoms with Gasteiger partial charge in [-0.2, -0.15) is 0 Å². The van der Waals surface area contributed by atoms with E-state index in [0.717, 1.165) is 5.56 Å². The zero-order valence-corrected chi connectivity index (χ0v) is 23.1. The van der Waals surface area contributed by atoms with Crippen molar-refractivity contribution in [2.45, 2.75) is 42.6 Å². The predicted molar refractivity (Wildman–Crippen MR) is 154 cm³/mol. The number of hydrogen-bond donors (Lipinski definition) is 1. The molecule has 1 heterocycles. The Morgan fingerprint density at radius 3 is 2.61 bits per heavy atom. The van der Waals surface area contributed by atoms with E-state index in [-0.39, 0.29) is 22.8 Å². The summed E-state index contributed by atoms with van der Waals surface area (Å²) in [4.78, 5) is 29.6. The Bertz CT molecular complexity index is 1710. The lowest BCUT2D eigenvalue weighted by atomic mass is 9.87. The van der Waals surface area contributed by atoms with E-state index in [9.17, 15) is 18.0 Å². The SMILES string of the molecule is C#CCNC(=O)c1ccccc1S(=O)(=O)Cc1c(O[C@H](Cn2ccnc2)c2ccccc2)ccc2c1CCCC2=O. The van der Waals surface area contributed by atoms with Crippen molar-refractivity contribution >= 4 is 21.5 Å². The van der Waals surface area contributed by atoms with E-state index in [2.05, 4.69) is 16.2 Å². The normalized spacial score (nSPS) is 13.6. The van der Waals surface area contributed by atoms with Gasteiger partial charge in [0.2, 0.25) is 0 Å². The molecule has 5 rings (SSSR count). The molecule has 8 nitrogen and oxygen atoms in total. The molecule has 1 aromatic heterocycles. The highest BCUT2D eigenvalue weighted by Gasteiger charge is 2.30. The van der Waals surface area contributed by atoms with Crippen LogP contribution >= 0.6 is 0 Å². The van der Waals surface area contributed by atoms with Crippen molar-refractivity contribution in [2.24, 2.45) is 0 Å². The number of carbonyl (C=O) groups is 2. The van der Waals surface area contributed by atoms with Crippen molar-refractivity contribution in [1.29, 1.82) is 0 Å². The number of benzene rings is 3. The molecule has 0 bridgehead atoms. The van der Waals surface area contributed by atoms with E-state index >= 15 is 0 Å². The van der Waals surface area contributed by atoms with Crippen LogP contribution in [0, 0.1) is 12.3 Å². The second-order valence-corrected chi connectivity index (χ2v) is 11.7. The number of fused-ring (bicyclic) bond motifs is 1. The molecule has 0 saturated heterocycles. The van der Waals surface area contributed by atoms with Gasteiger partial charge in [0.1, 0.15) is 11.9 Å². The number of sulfone groups is 1. The summed E-state index contributed by atoms with van der Waals surface area (Å²) in [6.45, 7) is 0.404. The molecule has 0 unspecified atom stereocenters. The van der Waals surface area contributed by atoms with Crippen LogP contribution in [0.5, 0.6) is 5.75 Å². The molecule has 1 aliphatic carbocycles. The van der Waals surface area contributed by atoms with Crippen LogP contribution in [0.1, 0.15) is 56.4 Å². The second-order valence-electron chi connectivity index (χ2n) is 9.76. The number of imidazole rings is 1. The number of carbonyl (C=O) groups excluding carboxylic acids is 2. The first-order valence-electron chi connectivity index (χ1n) is 13.3. The van der Waals surface area contributed by atoms with Gasteiger partial charge in [0.15, 0.2) is 15.6 Å². The van der Waals surface area contributed by atoms with Gasteiger partial charge in [-0.05, 0) is 48.2 Å². The second kappa shape index (κ2) is 12.2. The Morgan fingerprint density at radius 1 is 1.07 bits per heavy atom. The fourth-order valence-corrected chi connectivity index (χ4v) is 6.72. The smallest absolute Gasteiger partial charge is 0.253 e. The molecule has 41 heavy (non-hydrogen) atoms. The van der Waals surface area contributed by atoms with Crippen LogP contribution in [0.2, 0.25) is 0 Å². The summed E-state index contributed by atoms with van der Waals surface area (Å²) in [6.07, 6.45) is 11.6. The molecule has 0 aliphatic heterocycles. The third kappa shape index (κ3) is 6.23. The predicted octanol–water partition coefficient (Wildman–Crippen LogP) is 4.56. The van der Waals surface area contributed by atoms with Gasteiger partial charge in [-0.3, -0.25) is 9.59 Å². The number of terminal acetylenes is 1. The summed E-state index contributed by atoms with van der Waals surface area (Å²) in [5.74, 6) is 1.66. The average Bonchev–Trinajstić information content (AvgIpc) is 3.50. The van der Waals surface area contributed by atoms with Crippen molar-refractivity contribution in [2.75, 3.05) is 6.54 Å². The van der Waals surface area contributed by atoms with Gasteiger partial charge in [-0.25, -0.2) is 13.4 Å². The molecule has 0 saturated carbocycles. The Kier molecular flexibility index (Phi) is 8.31. The maximum atomic E-state index is 14.0. The van der Waals surface area contributed by atoms with E-state index < -0.39 is 27.6 Å².